The van der Waals surface area contributed by atoms with Gasteiger partial charge in [-0.1, -0.05) is 29.3 Å². The Morgan fingerprint density at radius 2 is 2.00 bits per heavy atom. The van der Waals surface area contributed by atoms with Crippen LogP contribution in [0.2, 0.25) is 10.0 Å². The maximum atomic E-state index is 10.0. The van der Waals surface area contributed by atoms with E-state index < -0.39 is 6.10 Å². The van der Waals surface area contributed by atoms with Gasteiger partial charge < -0.3 is 9.52 Å². The molecular formula is C13H12Cl2O2. The van der Waals surface area contributed by atoms with Crippen molar-refractivity contribution in [1.29, 1.82) is 0 Å². The van der Waals surface area contributed by atoms with Crippen LogP contribution in [0.3, 0.4) is 0 Å². The highest BCUT2D eigenvalue weighted by atomic mass is 35.5. The standard InChI is InChI=1S/C13H12Cl2O2/c1-8-4-10(7-17-8)13(16)6-9-2-3-11(14)12(15)5-9/h2-5,7,13,16H,6H2,1H3. The second-order valence-electron chi connectivity index (χ2n) is 3.96. The summed E-state index contributed by atoms with van der Waals surface area (Å²) in [6.07, 6.45) is 1.46. The topological polar surface area (TPSA) is 33.4 Å². The summed E-state index contributed by atoms with van der Waals surface area (Å²) >= 11 is 11.7. The van der Waals surface area contributed by atoms with Crippen LogP contribution >= 0.6 is 23.2 Å². The Bertz CT molecular complexity index is 520. The van der Waals surface area contributed by atoms with E-state index in [1.807, 2.05) is 19.1 Å². The fraction of sp³-hybridized carbons (Fsp3) is 0.231. The van der Waals surface area contributed by atoms with Gasteiger partial charge in [0.1, 0.15) is 5.76 Å². The molecule has 0 bridgehead atoms. The predicted molar refractivity (Wildman–Crippen MR) is 68.6 cm³/mol. The number of aliphatic hydroxyl groups excluding tert-OH is 1. The highest BCUT2D eigenvalue weighted by Crippen LogP contribution is 2.26. The summed E-state index contributed by atoms with van der Waals surface area (Å²) in [5.74, 6) is 0.785. The molecule has 0 aliphatic rings. The maximum absolute atomic E-state index is 10.0. The van der Waals surface area contributed by atoms with Crippen molar-refractivity contribution >= 4 is 23.2 Å². The highest BCUT2D eigenvalue weighted by molar-refractivity contribution is 6.42. The van der Waals surface area contributed by atoms with Crippen molar-refractivity contribution in [3.05, 3.63) is 57.5 Å². The summed E-state index contributed by atoms with van der Waals surface area (Å²) in [4.78, 5) is 0. The van der Waals surface area contributed by atoms with Crippen LogP contribution in [0, 0.1) is 6.92 Å². The first-order valence-electron chi connectivity index (χ1n) is 5.23. The molecule has 4 heteroatoms. The van der Waals surface area contributed by atoms with Gasteiger partial charge >= 0.3 is 0 Å². The Morgan fingerprint density at radius 1 is 1.24 bits per heavy atom. The molecule has 90 valence electrons. The minimum absolute atomic E-state index is 0.482. The Morgan fingerprint density at radius 3 is 2.59 bits per heavy atom. The molecule has 1 aromatic carbocycles. The average Bonchev–Trinajstić information content (AvgIpc) is 2.70. The minimum Gasteiger partial charge on any atom is -0.469 e. The van der Waals surface area contributed by atoms with Gasteiger partial charge in [-0.05, 0) is 30.7 Å². The lowest BCUT2D eigenvalue weighted by Gasteiger charge is -2.08. The van der Waals surface area contributed by atoms with Gasteiger partial charge in [-0.2, -0.15) is 0 Å². The first-order valence-corrected chi connectivity index (χ1v) is 5.99. The monoisotopic (exact) mass is 270 g/mol. The van der Waals surface area contributed by atoms with Crippen molar-refractivity contribution in [1.82, 2.24) is 0 Å². The molecule has 0 fully saturated rings. The first-order chi connectivity index (χ1) is 8.06. The Kier molecular flexibility index (Phi) is 3.77. The minimum atomic E-state index is -0.593. The Hall–Kier alpha value is -0.960. The highest BCUT2D eigenvalue weighted by Gasteiger charge is 2.11. The molecular weight excluding hydrogens is 259 g/mol. The normalized spacial score (nSPS) is 12.7. The molecule has 2 nitrogen and oxygen atoms in total. The Labute approximate surface area is 110 Å². The van der Waals surface area contributed by atoms with E-state index in [1.165, 1.54) is 0 Å². The first kappa shape index (κ1) is 12.5. The van der Waals surface area contributed by atoms with Gasteiger partial charge in [0.05, 0.1) is 22.4 Å². The molecule has 1 N–H and O–H groups in total. The lowest BCUT2D eigenvalue weighted by atomic mass is 10.0. The van der Waals surface area contributed by atoms with Gasteiger partial charge in [-0.25, -0.2) is 0 Å². The summed E-state index contributed by atoms with van der Waals surface area (Å²) < 4.78 is 5.16. The van der Waals surface area contributed by atoms with Crippen LogP contribution < -0.4 is 0 Å². The molecule has 2 rings (SSSR count). The molecule has 2 aromatic rings. The number of hydrogen-bond donors (Lipinski definition) is 1. The number of rotatable bonds is 3. The number of benzene rings is 1. The van der Waals surface area contributed by atoms with Crippen LogP contribution in [0.4, 0.5) is 0 Å². The third-order valence-electron chi connectivity index (χ3n) is 2.55. The van der Waals surface area contributed by atoms with E-state index in [2.05, 4.69) is 0 Å². The fourth-order valence-electron chi connectivity index (χ4n) is 1.65. The molecule has 0 aliphatic carbocycles. The SMILES string of the molecule is Cc1cc(C(O)Cc2ccc(Cl)c(Cl)c2)co1. The lowest BCUT2D eigenvalue weighted by Crippen LogP contribution is -2.00. The van der Waals surface area contributed by atoms with Gasteiger partial charge in [-0.3, -0.25) is 0 Å². The van der Waals surface area contributed by atoms with Crippen LogP contribution in [0.25, 0.3) is 0 Å². The molecule has 1 unspecified atom stereocenters. The third-order valence-corrected chi connectivity index (χ3v) is 3.29. The molecule has 0 spiro atoms. The third kappa shape index (κ3) is 3.03. The van der Waals surface area contributed by atoms with Gasteiger partial charge in [-0.15, -0.1) is 0 Å². The van der Waals surface area contributed by atoms with Crippen molar-refractivity contribution in [3.63, 3.8) is 0 Å². The number of aliphatic hydroxyl groups is 1. The number of halogens is 2. The largest absolute Gasteiger partial charge is 0.469 e. The van der Waals surface area contributed by atoms with E-state index in [-0.39, 0.29) is 0 Å². The van der Waals surface area contributed by atoms with Crippen LogP contribution in [-0.4, -0.2) is 5.11 Å². The van der Waals surface area contributed by atoms with Crippen molar-refractivity contribution in [2.75, 3.05) is 0 Å². The molecule has 0 radical (unpaired) electrons. The van der Waals surface area contributed by atoms with E-state index in [9.17, 15) is 5.11 Å². The van der Waals surface area contributed by atoms with Crippen molar-refractivity contribution in [2.45, 2.75) is 19.4 Å². The van der Waals surface area contributed by atoms with E-state index in [4.69, 9.17) is 27.6 Å². The molecule has 0 saturated carbocycles. The van der Waals surface area contributed by atoms with E-state index in [0.29, 0.717) is 16.5 Å². The zero-order chi connectivity index (χ0) is 12.4. The zero-order valence-corrected chi connectivity index (χ0v) is 10.8. The van der Waals surface area contributed by atoms with Crippen LogP contribution in [-0.2, 0) is 6.42 Å². The molecule has 0 saturated heterocycles. The van der Waals surface area contributed by atoms with E-state index in [1.54, 1.807) is 18.4 Å². The smallest absolute Gasteiger partial charge is 0.101 e. The summed E-state index contributed by atoms with van der Waals surface area (Å²) in [6, 6.07) is 7.17. The predicted octanol–water partition coefficient (Wildman–Crippen LogP) is 4.17. The number of furan rings is 1. The van der Waals surface area contributed by atoms with E-state index in [0.717, 1.165) is 16.9 Å². The summed E-state index contributed by atoms with van der Waals surface area (Å²) in [5, 5.41) is 11.0. The Balaban J connectivity index is 2.12. The number of hydrogen-bond acceptors (Lipinski definition) is 2. The second-order valence-corrected chi connectivity index (χ2v) is 4.77. The second kappa shape index (κ2) is 5.13. The van der Waals surface area contributed by atoms with Crippen LogP contribution in [0.15, 0.2) is 34.9 Å². The number of aryl methyl sites for hydroxylation is 1. The van der Waals surface area contributed by atoms with E-state index >= 15 is 0 Å². The van der Waals surface area contributed by atoms with Crippen LogP contribution in [0.1, 0.15) is 23.0 Å². The zero-order valence-electron chi connectivity index (χ0n) is 9.28. The molecule has 1 atom stereocenters. The summed E-state index contributed by atoms with van der Waals surface area (Å²) in [6.45, 7) is 1.84. The lowest BCUT2D eigenvalue weighted by molar-refractivity contribution is 0.177. The fourth-order valence-corrected chi connectivity index (χ4v) is 1.97. The quantitative estimate of drug-likeness (QED) is 0.908. The maximum Gasteiger partial charge on any atom is 0.101 e. The molecule has 1 aromatic heterocycles. The van der Waals surface area contributed by atoms with Crippen molar-refractivity contribution < 1.29 is 9.52 Å². The average molecular weight is 271 g/mol. The molecule has 1 heterocycles. The van der Waals surface area contributed by atoms with Crippen molar-refractivity contribution in [3.8, 4) is 0 Å². The van der Waals surface area contributed by atoms with Gasteiger partial charge in [0, 0.05) is 12.0 Å². The van der Waals surface area contributed by atoms with Gasteiger partial charge in [0.2, 0.25) is 0 Å². The summed E-state index contributed by atoms with van der Waals surface area (Å²) in [5.41, 5.74) is 1.71. The summed E-state index contributed by atoms with van der Waals surface area (Å²) in [7, 11) is 0. The molecule has 17 heavy (non-hydrogen) atoms. The molecule has 0 aliphatic heterocycles. The van der Waals surface area contributed by atoms with Crippen LogP contribution in [0.5, 0.6) is 0 Å². The van der Waals surface area contributed by atoms with Gasteiger partial charge in [0.15, 0.2) is 0 Å². The van der Waals surface area contributed by atoms with Gasteiger partial charge in [0.25, 0.3) is 0 Å². The van der Waals surface area contributed by atoms with Crippen molar-refractivity contribution in [2.24, 2.45) is 0 Å². The molecule has 0 amide bonds.